The minimum atomic E-state index is -0.425. The SMILES string of the molecule is COCc1cc(CN2CCC[C@H](C(=O)c3cc(F)ccc3OC)C2)ccc1OC. The fourth-order valence-electron chi connectivity index (χ4n) is 3.96. The van der Waals surface area contributed by atoms with E-state index >= 15 is 0 Å². The molecule has 1 heterocycles. The number of hydrogen-bond donors (Lipinski definition) is 0. The average molecular weight is 401 g/mol. The average Bonchev–Trinajstić information content (AvgIpc) is 2.74. The van der Waals surface area contributed by atoms with Crippen LogP contribution in [0.2, 0.25) is 0 Å². The Balaban J connectivity index is 1.72. The summed E-state index contributed by atoms with van der Waals surface area (Å²) in [6, 6.07) is 10.2. The van der Waals surface area contributed by atoms with Gasteiger partial charge in [0.1, 0.15) is 17.3 Å². The lowest BCUT2D eigenvalue weighted by Gasteiger charge is -2.32. The number of ketones is 1. The number of Topliss-reactive ketones (excluding diaryl/α,β-unsaturated/α-hetero) is 1. The molecule has 29 heavy (non-hydrogen) atoms. The van der Waals surface area contributed by atoms with Crippen molar-refractivity contribution in [3.63, 3.8) is 0 Å². The number of carbonyl (C=O) groups is 1. The van der Waals surface area contributed by atoms with E-state index in [0.717, 1.165) is 42.8 Å². The number of likely N-dealkylation sites (tertiary alicyclic amines) is 1. The van der Waals surface area contributed by atoms with Gasteiger partial charge in [-0.2, -0.15) is 0 Å². The lowest BCUT2D eigenvalue weighted by Crippen LogP contribution is -2.38. The molecule has 0 unspecified atom stereocenters. The molecule has 0 aliphatic carbocycles. The third-order valence-electron chi connectivity index (χ3n) is 5.35. The van der Waals surface area contributed by atoms with Gasteiger partial charge in [-0.15, -0.1) is 0 Å². The van der Waals surface area contributed by atoms with Gasteiger partial charge < -0.3 is 14.2 Å². The minimum absolute atomic E-state index is 0.0548. The van der Waals surface area contributed by atoms with Crippen molar-refractivity contribution in [1.29, 1.82) is 0 Å². The van der Waals surface area contributed by atoms with E-state index < -0.39 is 5.82 Å². The van der Waals surface area contributed by atoms with Crippen molar-refractivity contribution in [3.05, 3.63) is 58.9 Å². The van der Waals surface area contributed by atoms with Gasteiger partial charge in [-0.1, -0.05) is 6.07 Å². The quantitative estimate of drug-likeness (QED) is 0.624. The van der Waals surface area contributed by atoms with Crippen molar-refractivity contribution in [3.8, 4) is 11.5 Å². The Bertz CT molecular complexity index is 855. The number of halogens is 1. The van der Waals surface area contributed by atoms with Gasteiger partial charge in [-0.3, -0.25) is 9.69 Å². The van der Waals surface area contributed by atoms with Crippen LogP contribution in [0.15, 0.2) is 36.4 Å². The van der Waals surface area contributed by atoms with E-state index in [4.69, 9.17) is 14.2 Å². The first kappa shape index (κ1) is 21.3. The van der Waals surface area contributed by atoms with Crippen LogP contribution < -0.4 is 9.47 Å². The van der Waals surface area contributed by atoms with E-state index in [9.17, 15) is 9.18 Å². The molecule has 5 nitrogen and oxygen atoms in total. The fourth-order valence-corrected chi connectivity index (χ4v) is 3.96. The van der Waals surface area contributed by atoms with Gasteiger partial charge in [-0.25, -0.2) is 4.39 Å². The van der Waals surface area contributed by atoms with Crippen LogP contribution >= 0.6 is 0 Å². The number of hydrogen-bond acceptors (Lipinski definition) is 5. The molecule has 0 aromatic heterocycles. The first-order valence-electron chi connectivity index (χ1n) is 9.80. The number of rotatable bonds is 8. The number of benzene rings is 2. The fraction of sp³-hybridized carbons (Fsp3) is 0.435. The smallest absolute Gasteiger partial charge is 0.171 e. The van der Waals surface area contributed by atoms with E-state index in [1.807, 2.05) is 12.1 Å². The maximum Gasteiger partial charge on any atom is 0.171 e. The largest absolute Gasteiger partial charge is 0.496 e. The van der Waals surface area contributed by atoms with Crippen molar-refractivity contribution in [2.75, 3.05) is 34.4 Å². The van der Waals surface area contributed by atoms with E-state index in [1.165, 1.54) is 25.3 Å². The van der Waals surface area contributed by atoms with Gasteiger partial charge in [0, 0.05) is 31.7 Å². The lowest BCUT2D eigenvalue weighted by molar-refractivity contribution is 0.0808. The van der Waals surface area contributed by atoms with Gasteiger partial charge in [0.2, 0.25) is 0 Å². The maximum absolute atomic E-state index is 13.7. The van der Waals surface area contributed by atoms with Gasteiger partial charge in [0.15, 0.2) is 5.78 Å². The molecule has 0 spiro atoms. The van der Waals surface area contributed by atoms with E-state index in [-0.39, 0.29) is 11.7 Å². The van der Waals surface area contributed by atoms with Crippen LogP contribution in [0, 0.1) is 11.7 Å². The zero-order valence-corrected chi connectivity index (χ0v) is 17.2. The van der Waals surface area contributed by atoms with Crippen LogP contribution in [0.3, 0.4) is 0 Å². The molecule has 1 saturated heterocycles. The molecule has 6 heteroatoms. The normalized spacial score (nSPS) is 17.2. The molecule has 3 rings (SSSR count). The predicted octanol–water partition coefficient (Wildman–Crippen LogP) is 4.08. The number of methoxy groups -OCH3 is 3. The number of piperidine rings is 1. The Kier molecular flexibility index (Phi) is 7.23. The lowest BCUT2D eigenvalue weighted by atomic mass is 9.89. The van der Waals surface area contributed by atoms with Crippen molar-refractivity contribution in [2.45, 2.75) is 26.0 Å². The summed E-state index contributed by atoms with van der Waals surface area (Å²) in [5.41, 5.74) is 2.47. The molecule has 156 valence electrons. The molecule has 1 aliphatic rings. The zero-order chi connectivity index (χ0) is 20.8. The standard InChI is InChI=1S/C23H28FNO4/c1-27-15-18-11-16(6-8-21(18)28-2)13-25-10-4-5-17(14-25)23(26)20-12-19(24)7-9-22(20)29-3/h6-9,11-12,17H,4-5,10,13-15H2,1-3H3/t17-/m0/s1. The first-order valence-corrected chi connectivity index (χ1v) is 9.80. The molecular formula is C23H28FNO4. The number of ether oxygens (including phenoxy) is 3. The van der Waals surface area contributed by atoms with Gasteiger partial charge in [0.25, 0.3) is 0 Å². The highest BCUT2D eigenvalue weighted by molar-refractivity contribution is 6.00. The molecule has 2 aromatic rings. The minimum Gasteiger partial charge on any atom is -0.496 e. The van der Waals surface area contributed by atoms with Crippen LogP contribution in [-0.2, 0) is 17.9 Å². The summed E-state index contributed by atoms with van der Waals surface area (Å²) in [5, 5.41) is 0. The third kappa shape index (κ3) is 5.14. The summed E-state index contributed by atoms with van der Waals surface area (Å²) < 4.78 is 29.6. The molecule has 0 amide bonds. The van der Waals surface area contributed by atoms with E-state index in [0.29, 0.717) is 24.5 Å². The molecule has 2 aromatic carbocycles. The first-order chi connectivity index (χ1) is 14.0. The molecule has 1 atom stereocenters. The van der Waals surface area contributed by atoms with Crippen LogP contribution in [0.5, 0.6) is 11.5 Å². The summed E-state index contributed by atoms with van der Waals surface area (Å²) in [6.45, 7) is 2.79. The summed E-state index contributed by atoms with van der Waals surface area (Å²) >= 11 is 0. The summed E-state index contributed by atoms with van der Waals surface area (Å²) in [5.74, 6) is 0.580. The highest BCUT2D eigenvalue weighted by Crippen LogP contribution is 2.28. The molecule has 0 N–H and O–H groups in total. The third-order valence-corrected chi connectivity index (χ3v) is 5.35. The topological polar surface area (TPSA) is 48.0 Å². The summed E-state index contributed by atoms with van der Waals surface area (Å²) in [7, 11) is 4.81. The Labute approximate surface area is 171 Å². The molecule has 1 aliphatic heterocycles. The number of carbonyl (C=O) groups excluding carboxylic acids is 1. The van der Waals surface area contributed by atoms with Gasteiger partial charge >= 0.3 is 0 Å². The Hall–Kier alpha value is -2.44. The van der Waals surface area contributed by atoms with Crippen molar-refractivity contribution in [2.24, 2.45) is 5.92 Å². The van der Waals surface area contributed by atoms with Crippen molar-refractivity contribution < 1.29 is 23.4 Å². The number of nitrogens with zero attached hydrogens (tertiary/aromatic N) is 1. The maximum atomic E-state index is 13.7. The van der Waals surface area contributed by atoms with Gasteiger partial charge in [-0.05, 0) is 55.3 Å². The second-order valence-electron chi connectivity index (χ2n) is 7.36. The Morgan fingerprint density at radius 3 is 2.59 bits per heavy atom. The Morgan fingerprint density at radius 2 is 1.86 bits per heavy atom. The molecule has 0 saturated carbocycles. The van der Waals surface area contributed by atoms with Crippen LogP contribution in [0.4, 0.5) is 4.39 Å². The Morgan fingerprint density at radius 1 is 1.10 bits per heavy atom. The monoisotopic (exact) mass is 401 g/mol. The molecule has 0 bridgehead atoms. The van der Waals surface area contributed by atoms with E-state index in [1.54, 1.807) is 14.2 Å². The molecular weight excluding hydrogens is 373 g/mol. The van der Waals surface area contributed by atoms with Crippen LogP contribution in [-0.4, -0.2) is 45.1 Å². The highest BCUT2D eigenvalue weighted by atomic mass is 19.1. The second kappa shape index (κ2) is 9.85. The van der Waals surface area contributed by atoms with Gasteiger partial charge in [0.05, 0.1) is 26.4 Å². The zero-order valence-electron chi connectivity index (χ0n) is 17.2. The highest BCUT2D eigenvalue weighted by Gasteiger charge is 2.28. The molecule has 0 radical (unpaired) electrons. The molecule has 1 fully saturated rings. The van der Waals surface area contributed by atoms with Crippen LogP contribution in [0.1, 0.15) is 34.3 Å². The van der Waals surface area contributed by atoms with Crippen LogP contribution in [0.25, 0.3) is 0 Å². The van der Waals surface area contributed by atoms with Crippen molar-refractivity contribution >= 4 is 5.78 Å². The van der Waals surface area contributed by atoms with E-state index in [2.05, 4.69) is 11.0 Å². The summed E-state index contributed by atoms with van der Waals surface area (Å²) in [4.78, 5) is 15.3. The summed E-state index contributed by atoms with van der Waals surface area (Å²) in [6.07, 6.45) is 1.72. The van der Waals surface area contributed by atoms with Crippen molar-refractivity contribution in [1.82, 2.24) is 4.90 Å². The predicted molar refractivity (Wildman–Crippen MR) is 109 cm³/mol. The second-order valence-corrected chi connectivity index (χ2v) is 7.36.